The van der Waals surface area contributed by atoms with Crippen molar-refractivity contribution in [2.75, 3.05) is 11.4 Å². The van der Waals surface area contributed by atoms with Gasteiger partial charge in [-0.25, -0.2) is 0 Å². The molecule has 0 spiro atoms. The molecule has 0 radical (unpaired) electrons. The largest absolute Gasteiger partial charge is 0.508 e. The number of fused-ring (bicyclic) bond motifs is 1. The van der Waals surface area contributed by atoms with E-state index < -0.39 is 0 Å². The van der Waals surface area contributed by atoms with Gasteiger partial charge >= 0.3 is 0 Å². The minimum atomic E-state index is 0.107. The fourth-order valence-corrected chi connectivity index (χ4v) is 3.30. The van der Waals surface area contributed by atoms with E-state index in [4.69, 9.17) is 11.6 Å². The predicted octanol–water partition coefficient (Wildman–Crippen LogP) is 4.27. The lowest BCUT2D eigenvalue weighted by Crippen LogP contribution is -2.35. The van der Waals surface area contributed by atoms with Gasteiger partial charge in [0.05, 0.1) is 11.1 Å². The summed E-state index contributed by atoms with van der Waals surface area (Å²) in [4.78, 5) is 2.31. The van der Waals surface area contributed by atoms with Gasteiger partial charge in [-0.05, 0) is 54.3 Å². The van der Waals surface area contributed by atoms with Crippen molar-refractivity contribution in [2.24, 2.45) is 0 Å². The molecule has 0 saturated heterocycles. The number of hydrogen-bond acceptors (Lipinski definition) is 3. The topological polar surface area (TPSA) is 43.7 Å². The zero-order valence-corrected chi connectivity index (χ0v) is 12.6. The Morgan fingerprint density at radius 3 is 2.71 bits per heavy atom. The highest BCUT2D eigenvalue weighted by atomic mass is 35.5. The lowest BCUT2D eigenvalue weighted by atomic mass is 9.90. The van der Waals surface area contributed by atoms with Crippen LogP contribution in [0.25, 0.3) is 0 Å². The Balaban J connectivity index is 2.00. The number of anilines is 1. The number of phenolic OH excluding ortho intramolecular Hbond substituents is 2. The first-order valence-corrected chi connectivity index (χ1v) is 7.55. The number of hydrogen-bond donors (Lipinski definition) is 2. The first kappa shape index (κ1) is 14.1. The molecule has 0 amide bonds. The molecular formula is C17H18ClNO2. The Morgan fingerprint density at radius 1 is 1.19 bits per heavy atom. The third kappa shape index (κ3) is 2.54. The van der Waals surface area contributed by atoms with Crippen LogP contribution in [0, 0.1) is 0 Å². The van der Waals surface area contributed by atoms with Crippen molar-refractivity contribution in [3.63, 3.8) is 0 Å². The molecule has 1 heterocycles. The Labute approximate surface area is 129 Å². The molecule has 1 aliphatic rings. The molecule has 0 bridgehead atoms. The number of rotatable bonds is 2. The number of aromatic hydroxyl groups is 2. The van der Waals surface area contributed by atoms with Crippen LogP contribution in [0.1, 0.15) is 30.5 Å². The van der Waals surface area contributed by atoms with Gasteiger partial charge in [-0.2, -0.15) is 0 Å². The maximum atomic E-state index is 9.64. The van der Waals surface area contributed by atoms with Gasteiger partial charge in [0, 0.05) is 12.2 Å². The van der Waals surface area contributed by atoms with E-state index in [1.54, 1.807) is 12.1 Å². The third-order valence-electron chi connectivity index (χ3n) is 4.13. The van der Waals surface area contributed by atoms with Crippen LogP contribution in [0.4, 0.5) is 5.69 Å². The maximum Gasteiger partial charge on any atom is 0.134 e. The second-order valence-corrected chi connectivity index (χ2v) is 5.79. The van der Waals surface area contributed by atoms with Crippen molar-refractivity contribution in [1.29, 1.82) is 0 Å². The summed E-state index contributed by atoms with van der Waals surface area (Å²) in [5.41, 5.74) is 3.48. The Morgan fingerprint density at radius 2 is 2.00 bits per heavy atom. The fourth-order valence-electron chi connectivity index (χ4n) is 3.12. The van der Waals surface area contributed by atoms with Gasteiger partial charge in [-0.1, -0.05) is 24.6 Å². The minimum absolute atomic E-state index is 0.107. The summed E-state index contributed by atoms with van der Waals surface area (Å²) in [6.07, 6.45) is 1.86. The molecule has 3 nitrogen and oxygen atoms in total. The normalized spacial score (nSPS) is 17.6. The molecular weight excluding hydrogens is 286 g/mol. The number of phenols is 2. The summed E-state index contributed by atoms with van der Waals surface area (Å²) in [6, 6.07) is 11.2. The molecule has 0 aliphatic carbocycles. The monoisotopic (exact) mass is 303 g/mol. The summed E-state index contributed by atoms with van der Waals surface area (Å²) in [5, 5.41) is 19.6. The molecule has 1 atom stereocenters. The van der Waals surface area contributed by atoms with Gasteiger partial charge in [0.1, 0.15) is 11.5 Å². The Kier molecular flexibility index (Phi) is 3.68. The SMILES string of the molecule is CCC1c2ccc(O)cc2CCN1c1ccc(O)c(Cl)c1. The smallest absolute Gasteiger partial charge is 0.134 e. The first-order chi connectivity index (χ1) is 10.1. The highest BCUT2D eigenvalue weighted by molar-refractivity contribution is 6.32. The van der Waals surface area contributed by atoms with Gasteiger partial charge in [0.2, 0.25) is 0 Å². The van der Waals surface area contributed by atoms with E-state index in [0.29, 0.717) is 10.8 Å². The van der Waals surface area contributed by atoms with Gasteiger partial charge in [-0.15, -0.1) is 0 Å². The van der Waals surface area contributed by atoms with Crippen LogP contribution < -0.4 is 4.90 Å². The molecule has 2 aromatic rings. The molecule has 4 heteroatoms. The summed E-state index contributed by atoms with van der Waals surface area (Å²) < 4.78 is 0. The van der Waals surface area contributed by atoms with Crippen molar-refractivity contribution < 1.29 is 10.2 Å². The van der Waals surface area contributed by atoms with Crippen LogP contribution in [-0.2, 0) is 6.42 Å². The maximum absolute atomic E-state index is 9.64. The van der Waals surface area contributed by atoms with Crippen LogP contribution >= 0.6 is 11.6 Å². The predicted molar refractivity (Wildman–Crippen MR) is 85.3 cm³/mol. The lowest BCUT2D eigenvalue weighted by Gasteiger charge is -2.39. The molecule has 1 unspecified atom stereocenters. The highest BCUT2D eigenvalue weighted by Gasteiger charge is 2.26. The van der Waals surface area contributed by atoms with Gasteiger partial charge in [-0.3, -0.25) is 0 Å². The summed E-state index contributed by atoms with van der Waals surface area (Å²) in [7, 11) is 0. The number of benzene rings is 2. The van der Waals surface area contributed by atoms with Crippen LogP contribution in [0.2, 0.25) is 5.02 Å². The van der Waals surface area contributed by atoms with Crippen molar-refractivity contribution in [2.45, 2.75) is 25.8 Å². The standard InChI is InChI=1S/C17H18ClNO2/c1-2-16-14-5-4-13(20)9-11(14)7-8-19(16)12-3-6-17(21)15(18)10-12/h3-6,9-10,16,20-21H,2,7-8H2,1H3. The molecule has 21 heavy (non-hydrogen) atoms. The minimum Gasteiger partial charge on any atom is -0.508 e. The molecule has 0 saturated carbocycles. The molecule has 3 rings (SSSR count). The second kappa shape index (κ2) is 5.49. The van der Waals surface area contributed by atoms with E-state index in [2.05, 4.69) is 11.8 Å². The van der Waals surface area contributed by atoms with E-state index >= 15 is 0 Å². The number of halogens is 1. The molecule has 0 aromatic heterocycles. The zero-order chi connectivity index (χ0) is 15.0. The first-order valence-electron chi connectivity index (χ1n) is 7.17. The van der Waals surface area contributed by atoms with Crippen molar-refractivity contribution >= 4 is 17.3 Å². The summed E-state index contributed by atoms with van der Waals surface area (Å²) >= 11 is 6.04. The Hall–Kier alpha value is -1.87. The highest BCUT2D eigenvalue weighted by Crippen LogP contribution is 2.38. The molecule has 2 aromatic carbocycles. The lowest BCUT2D eigenvalue weighted by molar-refractivity contribution is 0.471. The van der Waals surface area contributed by atoms with E-state index in [9.17, 15) is 10.2 Å². The van der Waals surface area contributed by atoms with Crippen LogP contribution in [-0.4, -0.2) is 16.8 Å². The number of nitrogens with zero attached hydrogens (tertiary/aromatic N) is 1. The van der Waals surface area contributed by atoms with Gasteiger partial charge < -0.3 is 15.1 Å². The van der Waals surface area contributed by atoms with Crippen LogP contribution in [0.3, 0.4) is 0 Å². The molecule has 2 N–H and O–H groups in total. The second-order valence-electron chi connectivity index (χ2n) is 5.39. The average molecular weight is 304 g/mol. The van der Waals surface area contributed by atoms with Crippen molar-refractivity contribution in [3.8, 4) is 11.5 Å². The van der Waals surface area contributed by atoms with Gasteiger partial charge in [0.25, 0.3) is 0 Å². The van der Waals surface area contributed by atoms with Gasteiger partial charge in [0.15, 0.2) is 0 Å². The van der Waals surface area contributed by atoms with Crippen molar-refractivity contribution in [3.05, 3.63) is 52.5 Å². The van der Waals surface area contributed by atoms with Crippen molar-refractivity contribution in [1.82, 2.24) is 0 Å². The summed E-state index contributed by atoms with van der Waals surface area (Å²) in [5.74, 6) is 0.431. The molecule has 0 fully saturated rings. The molecule has 110 valence electrons. The van der Waals surface area contributed by atoms with E-state index in [0.717, 1.165) is 25.1 Å². The van der Waals surface area contributed by atoms with E-state index in [1.165, 1.54) is 11.1 Å². The van der Waals surface area contributed by atoms with Crippen LogP contribution in [0.15, 0.2) is 36.4 Å². The Bertz CT molecular complexity index is 672. The quantitative estimate of drug-likeness (QED) is 0.871. The fraction of sp³-hybridized carbons (Fsp3) is 0.294. The zero-order valence-electron chi connectivity index (χ0n) is 11.9. The summed E-state index contributed by atoms with van der Waals surface area (Å²) in [6.45, 7) is 3.03. The van der Waals surface area contributed by atoms with E-state index in [1.807, 2.05) is 24.3 Å². The third-order valence-corrected chi connectivity index (χ3v) is 4.44. The van der Waals surface area contributed by atoms with E-state index in [-0.39, 0.29) is 11.8 Å². The van der Waals surface area contributed by atoms with Crippen LogP contribution in [0.5, 0.6) is 11.5 Å². The average Bonchev–Trinajstić information content (AvgIpc) is 2.48. The molecule has 1 aliphatic heterocycles.